The summed E-state index contributed by atoms with van der Waals surface area (Å²) in [5, 5.41) is 6.99. The average molecular weight is 430 g/mol. The van der Waals surface area contributed by atoms with Gasteiger partial charge in [0.05, 0.1) is 17.4 Å². The molecule has 0 fully saturated rings. The second-order valence-electron chi connectivity index (χ2n) is 7.82. The molecule has 6 heteroatoms. The van der Waals surface area contributed by atoms with E-state index in [1.807, 2.05) is 78.9 Å². The predicted octanol–water partition coefficient (Wildman–Crippen LogP) is 4.96. The van der Waals surface area contributed by atoms with E-state index in [0.717, 1.165) is 32.4 Å². The number of para-hydroxylation sites is 2. The summed E-state index contributed by atoms with van der Waals surface area (Å²) in [6.45, 7) is 0. The third kappa shape index (κ3) is 3.00. The Morgan fingerprint density at radius 1 is 0.636 bits per heavy atom. The summed E-state index contributed by atoms with van der Waals surface area (Å²) in [5.74, 6) is -0.894. The van der Waals surface area contributed by atoms with E-state index in [1.54, 1.807) is 12.4 Å². The van der Waals surface area contributed by atoms with Crippen molar-refractivity contribution in [1.82, 2.24) is 15.0 Å². The van der Waals surface area contributed by atoms with Gasteiger partial charge in [0.2, 0.25) is 0 Å². The van der Waals surface area contributed by atoms with Gasteiger partial charge in [-0.05, 0) is 17.7 Å². The van der Waals surface area contributed by atoms with Gasteiger partial charge in [-0.1, -0.05) is 66.7 Å². The molecule has 1 aliphatic heterocycles. The van der Waals surface area contributed by atoms with Crippen LogP contribution in [-0.2, 0) is 9.59 Å². The Kier molecular flexibility index (Phi) is 4.30. The first-order valence-corrected chi connectivity index (χ1v) is 10.6. The van der Waals surface area contributed by atoms with Crippen LogP contribution in [-0.4, -0.2) is 33.0 Å². The molecular weight excluding hydrogens is 412 g/mol. The number of carbonyl (C=O) groups excluding carboxylic acids is 2. The van der Waals surface area contributed by atoms with Crippen LogP contribution >= 0.6 is 0 Å². The van der Waals surface area contributed by atoms with Crippen molar-refractivity contribution in [2.45, 2.75) is 0 Å². The maximum atomic E-state index is 13.6. The number of amides is 2. The lowest BCUT2D eigenvalue weighted by Gasteiger charge is -2.07. The number of carbonyl (C=O) groups is 2. The molecule has 1 aliphatic rings. The van der Waals surface area contributed by atoms with Gasteiger partial charge < -0.3 is 9.97 Å². The highest BCUT2D eigenvalue weighted by Gasteiger charge is 2.41. The number of nitrogens with zero attached hydrogens (tertiary/aromatic N) is 2. The first-order chi connectivity index (χ1) is 16.2. The van der Waals surface area contributed by atoms with Crippen LogP contribution in [0.3, 0.4) is 0 Å². The number of benzene rings is 3. The summed E-state index contributed by atoms with van der Waals surface area (Å²) >= 11 is 0. The van der Waals surface area contributed by atoms with Crippen molar-refractivity contribution in [2.24, 2.45) is 5.10 Å². The van der Waals surface area contributed by atoms with Crippen LogP contribution in [0.2, 0.25) is 0 Å². The Bertz CT molecular complexity index is 1510. The molecule has 0 atom stereocenters. The molecular formula is C27H18N4O2. The monoisotopic (exact) mass is 430 g/mol. The first-order valence-electron chi connectivity index (χ1n) is 10.6. The third-order valence-corrected chi connectivity index (χ3v) is 5.90. The Morgan fingerprint density at radius 3 is 1.67 bits per heavy atom. The first kappa shape index (κ1) is 19.0. The van der Waals surface area contributed by atoms with Gasteiger partial charge in [-0.15, -0.1) is 0 Å². The molecule has 0 unspecified atom stereocenters. The molecule has 3 heterocycles. The zero-order chi connectivity index (χ0) is 22.4. The maximum absolute atomic E-state index is 13.6. The molecule has 2 aromatic heterocycles. The quantitative estimate of drug-likeness (QED) is 0.312. The van der Waals surface area contributed by atoms with Crippen molar-refractivity contribution in [3.63, 3.8) is 0 Å². The van der Waals surface area contributed by atoms with Crippen LogP contribution in [0.4, 0.5) is 0 Å². The summed E-state index contributed by atoms with van der Waals surface area (Å²) < 4.78 is 0. The van der Waals surface area contributed by atoms with Crippen molar-refractivity contribution in [2.75, 3.05) is 0 Å². The highest BCUT2D eigenvalue weighted by molar-refractivity contribution is 6.50. The summed E-state index contributed by atoms with van der Waals surface area (Å²) in [6, 6.07) is 24.8. The zero-order valence-electron chi connectivity index (χ0n) is 17.4. The van der Waals surface area contributed by atoms with Gasteiger partial charge in [-0.2, -0.15) is 10.1 Å². The Balaban J connectivity index is 1.56. The lowest BCUT2D eigenvalue weighted by Crippen LogP contribution is -2.26. The minimum atomic E-state index is -0.447. The summed E-state index contributed by atoms with van der Waals surface area (Å²) in [4.78, 5) is 33.7. The fourth-order valence-electron chi connectivity index (χ4n) is 4.34. The number of hydrogen-bond acceptors (Lipinski definition) is 3. The number of nitrogens with one attached hydrogen (secondary N) is 2. The van der Waals surface area contributed by atoms with Crippen LogP contribution in [0.5, 0.6) is 0 Å². The van der Waals surface area contributed by atoms with Gasteiger partial charge in [0.15, 0.2) is 0 Å². The van der Waals surface area contributed by atoms with Crippen molar-refractivity contribution in [3.8, 4) is 0 Å². The highest BCUT2D eigenvalue weighted by atomic mass is 16.2. The van der Waals surface area contributed by atoms with E-state index in [0.29, 0.717) is 22.3 Å². The number of aromatic nitrogens is 2. The van der Waals surface area contributed by atoms with E-state index in [-0.39, 0.29) is 0 Å². The fourth-order valence-corrected chi connectivity index (χ4v) is 4.34. The highest BCUT2D eigenvalue weighted by Crippen LogP contribution is 2.40. The van der Waals surface area contributed by atoms with Gasteiger partial charge in [0, 0.05) is 45.3 Å². The maximum Gasteiger partial charge on any atom is 0.283 e. The molecule has 2 amide bonds. The van der Waals surface area contributed by atoms with E-state index >= 15 is 0 Å². The molecule has 6 rings (SSSR count). The zero-order valence-corrected chi connectivity index (χ0v) is 17.4. The molecule has 158 valence electrons. The van der Waals surface area contributed by atoms with E-state index in [4.69, 9.17) is 0 Å². The molecule has 2 N–H and O–H groups in total. The molecule has 3 aromatic carbocycles. The smallest absolute Gasteiger partial charge is 0.283 e. The van der Waals surface area contributed by atoms with Gasteiger partial charge in [0.1, 0.15) is 0 Å². The normalized spacial score (nSPS) is 14.5. The Labute approximate surface area is 188 Å². The molecule has 0 aliphatic carbocycles. The second kappa shape index (κ2) is 7.46. The summed E-state index contributed by atoms with van der Waals surface area (Å²) in [5.41, 5.74) is 4.63. The van der Waals surface area contributed by atoms with Gasteiger partial charge >= 0.3 is 0 Å². The average Bonchev–Trinajstić information content (AvgIpc) is 3.53. The molecule has 6 nitrogen and oxygen atoms in total. The molecule has 5 aromatic rings. The predicted molar refractivity (Wildman–Crippen MR) is 129 cm³/mol. The van der Waals surface area contributed by atoms with Gasteiger partial charge in [0.25, 0.3) is 11.8 Å². The van der Waals surface area contributed by atoms with Crippen molar-refractivity contribution in [3.05, 3.63) is 108 Å². The number of H-pyrrole nitrogens is 2. The molecule has 0 saturated heterocycles. The molecule has 0 saturated carbocycles. The van der Waals surface area contributed by atoms with Gasteiger partial charge in [-0.25, -0.2) is 0 Å². The van der Waals surface area contributed by atoms with Crippen molar-refractivity contribution < 1.29 is 9.59 Å². The number of fused-ring (bicyclic) bond motifs is 2. The largest absolute Gasteiger partial charge is 0.361 e. The van der Waals surface area contributed by atoms with E-state index < -0.39 is 11.8 Å². The van der Waals surface area contributed by atoms with Gasteiger partial charge in [-0.3, -0.25) is 9.59 Å². The minimum Gasteiger partial charge on any atom is -0.361 e. The standard InChI is InChI=1S/C27H18N4O2/c32-26-24(20-15-28-22-12-6-4-10-18(20)22)25(21-16-29-23-13-7-5-11-19(21)23)27(33)31(26)30-14-17-8-2-1-3-9-17/h1-16,28-29H/b30-14+. The van der Waals surface area contributed by atoms with Crippen LogP contribution < -0.4 is 0 Å². The van der Waals surface area contributed by atoms with Crippen LogP contribution in [0, 0.1) is 0 Å². The van der Waals surface area contributed by atoms with E-state index in [2.05, 4.69) is 15.1 Å². The van der Waals surface area contributed by atoms with Crippen LogP contribution in [0.25, 0.3) is 33.0 Å². The van der Waals surface area contributed by atoms with E-state index in [1.165, 1.54) is 6.21 Å². The van der Waals surface area contributed by atoms with E-state index in [9.17, 15) is 9.59 Å². The molecule has 0 bridgehead atoms. The Hall–Kier alpha value is -4.71. The molecule has 0 radical (unpaired) electrons. The lowest BCUT2D eigenvalue weighted by atomic mass is 9.95. The second-order valence-corrected chi connectivity index (χ2v) is 7.82. The number of rotatable bonds is 4. The molecule has 0 spiro atoms. The Morgan fingerprint density at radius 2 is 1.12 bits per heavy atom. The topological polar surface area (TPSA) is 81.3 Å². The number of hydrazone groups is 1. The summed E-state index contributed by atoms with van der Waals surface area (Å²) in [7, 11) is 0. The number of hydrogen-bond donors (Lipinski definition) is 2. The van der Waals surface area contributed by atoms with Crippen molar-refractivity contribution >= 4 is 51.0 Å². The number of aromatic amines is 2. The summed E-state index contributed by atoms with van der Waals surface area (Å²) in [6.07, 6.45) is 5.09. The fraction of sp³-hybridized carbons (Fsp3) is 0. The SMILES string of the molecule is O=C1C(c2c[nH]c3ccccc23)=C(c2c[nH]c3ccccc23)C(=O)N1/N=C/c1ccccc1. The lowest BCUT2D eigenvalue weighted by molar-refractivity contribution is -0.135. The van der Waals surface area contributed by atoms with Crippen LogP contribution in [0.1, 0.15) is 16.7 Å². The number of imide groups is 1. The molecule has 33 heavy (non-hydrogen) atoms. The van der Waals surface area contributed by atoms with Crippen LogP contribution in [0.15, 0.2) is 96.4 Å². The third-order valence-electron chi connectivity index (χ3n) is 5.90. The van der Waals surface area contributed by atoms with Crippen molar-refractivity contribution in [1.29, 1.82) is 0 Å². The minimum absolute atomic E-state index is 0.340.